The maximum absolute atomic E-state index is 13.1. The summed E-state index contributed by atoms with van der Waals surface area (Å²) in [6, 6.07) is 8.21. The second-order valence-corrected chi connectivity index (χ2v) is 6.62. The van der Waals surface area contributed by atoms with E-state index < -0.39 is 15.8 Å². The lowest BCUT2D eigenvalue weighted by molar-refractivity contribution is 0.580. The van der Waals surface area contributed by atoms with Gasteiger partial charge in [-0.1, -0.05) is 6.07 Å². The lowest BCUT2D eigenvalue weighted by Crippen LogP contribution is -2.12. The monoisotopic (exact) mass is 324 g/mol. The van der Waals surface area contributed by atoms with Gasteiger partial charge in [0.05, 0.1) is 11.2 Å². The van der Waals surface area contributed by atoms with Crippen molar-refractivity contribution in [3.63, 3.8) is 0 Å². The van der Waals surface area contributed by atoms with Crippen LogP contribution in [0, 0.1) is 5.82 Å². The highest BCUT2D eigenvalue weighted by molar-refractivity contribution is 7.93. The third kappa shape index (κ3) is 2.96. The van der Waals surface area contributed by atoms with E-state index in [9.17, 15) is 12.8 Å². The number of halogens is 1. The Balaban J connectivity index is 1.86. The minimum Gasteiger partial charge on any atom is -0.463 e. The zero-order valence-electron chi connectivity index (χ0n) is 10.5. The van der Waals surface area contributed by atoms with Gasteiger partial charge in [-0.05, 0) is 30.3 Å². The molecule has 108 valence electrons. The van der Waals surface area contributed by atoms with Crippen molar-refractivity contribution in [1.82, 2.24) is 4.98 Å². The molecule has 3 rings (SSSR count). The summed E-state index contributed by atoms with van der Waals surface area (Å²) < 4.78 is 44.8. The first-order valence-electron chi connectivity index (χ1n) is 5.82. The highest BCUT2D eigenvalue weighted by Crippen LogP contribution is 2.26. The molecule has 0 aliphatic rings. The Labute approximate surface area is 124 Å². The molecule has 0 saturated carbocycles. The lowest BCUT2D eigenvalue weighted by Gasteiger charge is -2.04. The van der Waals surface area contributed by atoms with E-state index in [0.717, 1.165) is 17.4 Å². The summed E-state index contributed by atoms with van der Waals surface area (Å²) in [5, 5.41) is 1.85. The summed E-state index contributed by atoms with van der Waals surface area (Å²) in [6.45, 7) is 0. The lowest BCUT2D eigenvalue weighted by atomic mass is 10.4. The van der Waals surface area contributed by atoms with Crippen LogP contribution in [-0.2, 0) is 10.0 Å². The van der Waals surface area contributed by atoms with Gasteiger partial charge in [-0.25, -0.2) is 17.8 Å². The second-order valence-electron chi connectivity index (χ2n) is 4.08. The Morgan fingerprint density at radius 2 is 2.10 bits per heavy atom. The van der Waals surface area contributed by atoms with Gasteiger partial charge in [-0.15, -0.1) is 11.3 Å². The molecule has 0 aliphatic heterocycles. The molecule has 0 saturated heterocycles. The molecule has 0 unspecified atom stereocenters. The number of sulfonamides is 1. The molecule has 0 aliphatic carbocycles. The van der Waals surface area contributed by atoms with E-state index in [1.165, 1.54) is 24.5 Å². The van der Waals surface area contributed by atoms with Gasteiger partial charge in [-0.2, -0.15) is 0 Å². The number of benzene rings is 1. The van der Waals surface area contributed by atoms with Crippen molar-refractivity contribution >= 4 is 26.5 Å². The smallest absolute Gasteiger partial charge is 0.263 e. The zero-order chi connectivity index (χ0) is 14.9. The minimum atomic E-state index is -3.86. The van der Waals surface area contributed by atoms with Crippen LogP contribution in [0.15, 0.2) is 57.4 Å². The van der Waals surface area contributed by atoms with Gasteiger partial charge in [0.15, 0.2) is 10.9 Å². The van der Waals surface area contributed by atoms with Crippen LogP contribution in [0.25, 0.3) is 11.5 Å². The van der Waals surface area contributed by atoms with Crippen molar-refractivity contribution in [2.75, 3.05) is 4.72 Å². The van der Waals surface area contributed by atoms with Crippen molar-refractivity contribution in [1.29, 1.82) is 0 Å². The molecule has 1 N–H and O–H groups in total. The molecular weight excluding hydrogens is 315 g/mol. The maximum Gasteiger partial charge on any atom is 0.263 e. The Hall–Kier alpha value is -2.19. The summed E-state index contributed by atoms with van der Waals surface area (Å²) in [5.41, 5.74) is 0.530. The predicted molar refractivity (Wildman–Crippen MR) is 77.0 cm³/mol. The molecule has 21 heavy (non-hydrogen) atoms. The molecule has 5 nitrogen and oxygen atoms in total. The first-order chi connectivity index (χ1) is 10.0. The average Bonchev–Trinajstić information content (AvgIpc) is 3.08. The number of anilines is 1. The molecule has 0 fully saturated rings. The van der Waals surface area contributed by atoms with Crippen molar-refractivity contribution < 1.29 is 17.2 Å². The predicted octanol–water partition coefficient (Wildman–Crippen LogP) is 3.34. The number of rotatable bonds is 4. The van der Waals surface area contributed by atoms with Gasteiger partial charge in [0, 0.05) is 5.38 Å². The van der Waals surface area contributed by atoms with Gasteiger partial charge in [0.1, 0.15) is 11.5 Å². The van der Waals surface area contributed by atoms with Crippen molar-refractivity contribution in [2.45, 2.75) is 4.90 Å². The maximum atomic E-state index is 13.1. The number of nitrogens with zero attached hydrogens (tertiary/aromatic N) is 1. The fraction of sp³-hybridized carbons (Fsp3) is 0. The van der Waals surface area contributed by atoms with E-state index in [0.29, 0.717) is 11.5 Å². The van der Waals surface area contributed by atoms with Crippen LogP contribution < -0.4 is 4.72 Å². The fourth-order valence-electron chi connectivity index (χ4n) is 1.67. The molecule has 0 radical (unpaired) electrons. The molecule has 1 aromatic carbocycles. The van der Waals surface area contributed by atoms with E-state index in [1.54, 1.807) is 17.5 Å². The van der Waals surface area contributed by atoms with Gasteiger partial charge >= 0.3 is 0 Å². The van der Waals surface area contributed by atoms with Crippen LogP contribution >= 0.6 is 11.3 Å². The Kier molecular flexibility index (Phi) is 3.48. The quantitative estimate of drug-likeness (QED) is 0.799. The van der Waals surface area contributed by atoms with Gasteiger partial charge in [0.2, 0.25) is 0 Å². The zero-order valence-corrected chi connectivity index (χ0v) is 12.1. The molecule has 0 bridgehead atoms. The van der Waals surface area contributed by atoms with Crippen molar-refractivity contribution in [3.8, 4) is 11.5 Å². The fourth-order valence-corrected chi connectivity index (χ4v) is 3.65. The number of hydrogen-bond acceptors (Lipinski definition) is 5. The van der Waals surface area contributed by atoms with Gasteiger partial charge in [-0.3, -0.25) is 4.72 Å². The van der Waals surface area contributed by atoms with Crippen LogP contribution in [-0.4, -0.2) is 13.4 Å². The SMILES string of the molecule is O=S(=O)(Nc1nc(-c2ccco2)cs1)c1cccc(F)c1. The highest BCUT2D eigenvalue weighted by Gasteiger charge is 2.17. The summed E-state index contributed by atoms with van der Waals surface area (Å²) in [7, 11) is -3.86. The van der Waals surface area contributed by atoms with Crippen LogP contribution in [0.4, 0.5) is 9.52 Å². The van der Waals surface area contributed by atoms with Crippen molar-refractivity contribution in [2.24, 2.45) is 0 Å². The third-order valence-electron chi connectivity index (χ3n) is 2.61. The molecular formula is C13H9FN2O3S2. The van der Waals surface area contributed by atoms with E-state index in [1.807, 2.05) is 0 Å². The first-order valence-corrected chi connectivity index (χ1v) is 8.19. The summed E-state index contributed by atoms with van der Waals surface area (Å²) in [6.07, 6.45) is 1.51. The van der Waals surface area contributed by atoms with Crippen LogP contribution in [0.1, 0.15) is 0 Å². The molecule has 3 aromatic rings. The topological polar surface area (TPSA) is 72.2 Å². The van der Waals surface area contributed by atoms with Gasteiger partial charge < -0.3 is 4.42 Å². The number of furan rings is 1. The Morgan fingerprint density at radius 3 is 2.81 bits per heavy atom. The molecule has 2 aromatic heterocycles. The van der Waals surface area contributed by atoms with E-state index in [2.05, 4.69) is 9.71 Å². The minimum absolute atomic E-state index is 0.155. The summed E-state index contributed by atoms with van der Waals surface area (Å²) >= 11 is 1.12. The summed E-state index contributed by atoms with van der Waals surface area (Å²) in [5.74, 6) is -0.0734. The number of hydrogen-bond donors (Lipinski definition) is 1. The Bertz CT molecular complexity index is 857. The van der Waals surface area contributed by atoms with E-state index in [-0.39, 0.29) is 10.0 Å². The van der Waals surface area contributed by atoms with Crippen LogP contribution in [0.2, 0.25) is 0 Å². The average molecular weight is 324 g/mol. The number of aromatic nitrogens is 1. The molecule has 2 heterocycles. The van der Waals surface area contributed by atoms with E-state index >= 15 is 0 Å². The Morgan fingerprint density at radius 1 is 1.24 bits per heavy atom. The van der Waals surface area contributed by atoms with Crippen LogP contribution in [0.5, 0.6) is 0 Å². The largest absolute Gasteiger partial charge is 0.463 e. The standard InChI is InChI=1S/C13H9FN2O3S2/c14-9-3-1-4-10(7-9)21(17,18)16-13-15-11(8-20-13)12-5-2-6-19-12/h1-8H,(H,15,16). The number of nitrogens with one attached hydrogen (secondary N) is 1. The second kappa shape index (κ2) is 5.30. The van der Waals surface area contributed by atoms with Crippen molar-refractivity contribution in [3.05, 3.63) is 53.9 Å². The highest BCUT2D eigenvalue weighted by atomic mass is 32.2. The summed E-state index contributed by atoms with van der Waals surface area (Å²) in [4.78, 5) is 3.97. The normalized spacial score (nSPS) is 11.5. The molecule has 0 spiro atoms. The third-order valence-corrected chi connectivity index (χ3v) is 4.83. The molecule has 8 heteroatoms. The molecule has 0 atom stereocenters. The molecule has 0 amide bonds. The van der Waals surface area contributed by atoms with Crippen LogP contribution in [0.3, 0.4) is 0 Å². The first kappa shape index (κ1) is 13.8. The van der Waals surface area contributed by atoms with Gasteiger partial charge in [0.25, 0.3) is 10.0 Å². The van der Waals surface area contributed by atoms with E-state index in [4.69, 9.17) is 4.42 Å². The number of thiazole rings is 1.